The number of fused-ring (bicyclic) bond motifs is 10. The first-order valence-corrected chi connectivity index (χ1v) is 18.0. The van der Waals surface area contributed by atoms with E-state index in [0.717, 1.165) is 44.2 Å². The van der Waals surface area contributed by atoms with E-state index in [0.29, 0.717) is 17.5 Å². The Morgan fingerprint density at radius 3 is 1.77 bits per heavy atom. The van der Waals surface area contributed by atoms with Crippen molar-refractivity contribution in [1.29, 1.82) is 0 Å². The summed E-state index contributed by atoms with van der Waals surface area (Å²) in [6.07, 6.45) is 0. The summed E-state index contributed by atoms with van der Waals surface area (Å²) in [5.74, 6) is 1.93. The number of benzene rings is 9. The molecule has 0 bridgehead atoms. The van der Waals surface area contributed by atoms with Gasteiger partial charge in [-0.15, -0.1) is 0 Å². The smallest absolute Gasteiger partial charge is 0.164 e. The van der Waals surface area contributed by atoms with E-state index in [4.69, 9.17) is 15.0 Å². The van der Waals surface area contributed by atoms with E-state index in [1.807, 2.05) is 18.2 Å². The fourth-order valence-corrected chi connectivity index (χ4v) is 8.20. The monoisotopic (exact) mass is 674 g/mol. The van der Waals surface area contributed by atoms with Crippen LogP contribution in [0.3, 0.4) is 0 Å². The molecule has 0 spiro atoms. The lowest BCUT2D eigenvalue weighted by molar-refractivity contribution is 1.07. The van der Waals surface area contributed by atoms with Crippen LogP contribution in [0.1, 0.15) is 0 Å². The highest BCUT2D eigenvalue weighted by molar-refractivity contribution is 6.29. The summed E-state index contributed by atoms with van der Waals surface area (Å²) in [4.78, 5) is 15.3. The second kappa shape index (κ2) is 11.7. The van der Waals surface area contributed by atoms with Gasteiger partial charge in [-0.2, -0.15) is 0 Å². The number of para-hydroxylation sites is 1. The third-order valence-corrected chi connectivity index (χ3v) is 10.6. The lowest BCUT2D eigenvalue weighted by Gasteiger charge is -2.13. The molecule has 2 heterocycles. The Kier molecular flexibility index (Phi) is 6.52. The molecule has 2 aromatic heterocycles. The molecule has 53 heavy (non-hydrogen) atoms. The highest BCUT2D eigenvalue weighted by atomic mass is 15.0. The van der Waals surface area contributed by atoms with Crippen molar-refractivity contribution in [2.75, 3.05) is 0 Å². The molecule has 9 aromatic carbocycles. The van der Waals surface area contributed by atoms with Gasteiger partial charge in [0.1, 0.15) is 0 Å². The van der Waals surface area contributed by atoms with Crippen LogP contribution in [0, 0.1) is 0 Å². The van der Waals surface area contributed by atoms with Gasteiger partial charge in [0, 0.05) is 33.2 Å². The Hall–Kier alpha value is -7.17. The maximum Gasteiger partial charge on any atom is 0.164 e. The third kappa shape index (κ3) is 4.66. The maximum atomic E-state index is 5.16. The largest absolute Gasteiger partial charge is 0.309 e. The summed E-state index contributed by atoms with van der Waals surface area (Å²) in [5, 5.41) is 12.3. The molecule has 0 aliphatic rings. The van der Waals surface area contributed by atoms with Crippen LogP contribution in [0.25, 0.3) is 105 Å². The molecule has 0 N–H and O–H groups in total. The Morgan fingerprint density at radius 2 is 0.906 bits per heavy atom. The van der Waals surface area contributed by atoms with E-state index in [1.165, 1.54) is 43.1 Å². The normalized spacial score (nSPS) is 11.8. The van der Waals surface area contributed by atoms with Crippen LogP contribution in [0.5, 0.6) is 0 Å². The van der Waals surface area contributed by atoms with Gasteiger partial charge in [0.2, 0.25) is 0 Å². The molecule has 0 aliphatic carbocycles. The zero-order valence-electron chi connectivity index (χ0n) is 28.6. The van der Waals surface area contributed by atoms with Crippen molar-refractivity contribution in [1.82, 2.24) is 19.5 Å². The molecule has 4 heteroatoms. The minimum Gasteiger partial charge on any atom is -0.309 e. The molecular formula is C49H30N4. The number of rotatable bonds is 4. The van der Waals surface area contributed by atoms with Crippen molar-refractivity contribution in [3.8, 4) is 39.9 Å². The first kappa shape index (κ1) is 29.5. The van der Waals surface area contributed by atoms with Gasteiger partial charge in [0.05, 0.1) is 11.0 Å². The Balaban J connectivity index is 1.14. The van der Waals surface area contributed by atoms with Gasteiger partial charge in [-0.25, -0.2) is 15.0 Å². The first-order valence-electron chi connectivity index (χ1n) is 18.0. The van der Waals surface area contributed by atoms with E-state index in [9.17, 15) is 0 Å². The van der Waals surface area contributed by atoms with E-state index in [1.54, 1.807) is 0 Å². The average Bonchev–Trinajstić information content (AvgIpc) is 3.58. The highest BCUT2D eigenvalue weighted by Crippen LogP contribution is 2.41. The van der Waals surface area contributed by atoms with Crippen LogP contribution in [0.4, 0.5) is 0 Å². The first-order chi connectivity index (χ1) is 26.3. The predicted octanol–water partition coefficient (Wildman–Crippen LogP) is 12.6. The van der Waals surface area contributed by atoms with Gasteiger partial charge in [0.15, 0.2) is 17.5 Å². The Bertz CT molecular complexity index is 3230. The molecule has 0 atom stereocenters. The molecule has 246 valence electrons. The lowest BCUT2D eigenvalue weighted by atomic mass is 9.94. The van der Waals surface area contributed by atoms with Crippen molar-refractivity contribution >= 4 is 64.9 Å². The predicted molar refractivity (Wildman–Crippen MR) is 220 cm³/mol. The molecule has 0 aliphatic heterocycles. The molecule has 0 saturated heterocycles. The highest BCUT2D eigenvalue weighted by Gasteiger charge is 2.18. The number of aromatic nitrogens is 4. The van der Waals surface area contributed by atoms with Crippen LogP contribution in [0.15, 0.2) is 182 Å². The Labute approximate surface area is 305 Å². The van der Waals surface area contributed by atoms with Crippen LogP contribution >= 0.6 is 0 Å². The van der Waals surface area contributed by atoms with Crippen LogP contribution in [-0.2, 0) is 0 Å². The number of nitrogens with zero attached hydrogens (tertiary/aromatic N) is 4. The van der Waals surface area contributed by atoms with E-state index in [2.05, 4.69) is 168 Å². The summed E-state index contributed by atoms with van der Waals surface area (Å²) in [6.45, 7) is 0. The van der Waals surface area contributed by atoms with Crippen molar-refractivity contribution in [3.05, 3.63) is 182 Å². The summed E-state index contributed by atoms with van der Waals surface area (Å²) in [5.41, 5.74) is 6.22. The van der Waals surface area contributed by atoms with Gasteiger partial charge >= 0.3 is 0 Å². The molecule has 0 amide bonds. The minimum absolute atomic E-state index is 0.633. The van der Waals surface area contributed by atoms with Gasteiger partial charge in [0.25, 0.3) is 0 Å². The topological polar surface area (TPSA) is 43.6 Å². The molecule has 0 unspecified atom stereocenters. The number of hydrogen-bond donors (Lipinski definition) is 0. The molecule has 11 rings (SSSR count). The second-order valence-corrected chi connectivity index (χ2v) is 13.6. The fraction of sp³-hybridized carbons (Fsp3) is 0. The van der Waals surface area contributed by atoms with Gasteiger partial charge in [-0.3, -0.25) is 0 Å². The molecule has 0 fully saturated rings. The Morgan fingerprint density at radius 1 is 0.321 bits per heavy atom. The van der Waals surface area contributed by atoms with Crippen LogP contribution < -0.4 is 0 Å². The quantitative estimate of drug-likeness (QED) is 0.175. The lowest BCUT2D eigenvalue weighted by Crippen LogP contribution is -2.01. The summed E-state index contributed by atoms with van der Waals surface area (Å²) < 4.78 is 2.38. The van der Waals surface area contributed by atoms with E-state index < -0.39 is 0 Å². The van der Waals surface area contributed by atoms with Crippen LogP contribution in [-0.4, -0.2) is 19.5 Å². The zero-order chi connectivity index (χ0) is 34.9. The average molecular weight is 675 g/mol. The maximum absolute atomic E-state index is 5.16. The van der Waals surface area contributed by atoms with Crippen molar-refractivity contribution in [3.63, 3.8) is 0 Å². The van der Waals surface area contributed by atoms with Crippen molar-refractivity contribution < 1.29 is 0 Å². The van der Waals surface area contributed by atoms with Crippen LogP contribution in [0.2, 0.25) is 0 Å². The van der Waals surface area contributed by atoms with Gasteiger partial charge in [-0.05, 0) is 67.4 Å². The number of hydrogen-bond acceptors (Lipinski definition) is 3. The fourth-order valence-electron chi connectivity index (χ4n) is 8.20. The van der Waals surface area contributed by atoms with Gasteiger partial charge < -0.3 is 4.57 Å². The second-order valence-electron chi connectivity index (χ2n) is 13.6. The molecular weight excluding hydrogens is 645 g/mol. The summed E-state index contributed by atoms with van der Waals surface area (Å²) in [6, 6.07) is 64.5. The van der Waals surface area contributed by atoms with Crippen molar-refractivity contribution in [2.24, 2.45) is 0 Å². The molecule has 11 aromatic rings. The van der Waals surface area contributed by atoms with E-state index in [-0.39, 0.29) is 0 Å². The molecule has 4 nitrogen and oxygen atoms in total. The summed E-state index contributed by atoms with van der Waals surface area (Å²) in [7, 11) is 0. The van der Waals surface area contributed by atoms with E-state index >= 15 is 0 Å². The minimum atomic E-state index is 0.633. The summed E-state index contributed by atoms with van der Waals surface area (Å²) >= 11 is 0. The zero-order valence-corrected chi connectivity index (χ0v) is 28.6. The van der Waals surface area contributed by atoms with Crippen molar-refractivity contribution in [2.45, 2.75) is 0 Å². The third-order valence-electron chi connectivity index (χ3n) is 10.6. The standard InChI is InChI=1S/C49H30N4/c1-2-14-34(15-3-1)47-50-48(52-49(51-47)41-22-11-16-31-12-4-6-19-37(31)41)35-17-10-18-36(30-35)53-43-23-9-8-21-42(43)46-40-27-26-33-25-24-32-13-5-7-20-38(32)45(33)39(40)28-29-44(46)53/h1-30H. The SMILES string of the molecule is c1ccc(-c2nc(-c3cccc(-n4c5ccccc5c5c6ccc7ccc8ccccc8c7c6ccc54)c3)nc(-c3cccc4ccccc34)n2)cc1. The molecule has 0 radical (unpaired) electrons. The molecule has 0 saturated carbocycles. The van der Waals surface area contributed by atoms with Gasteiger partial charge in [-0.1, -0.05) is 158 Å².